The number of amides is 2. The fraction of sp³-hybridized carbons (Fsp3) is 0.258. The minimum absolute atomic E-state index is 0.0177. The van der Waals surface area contributed by atoms with Gasteiger partial charge < -0.3 is 25.2 Å². The summed E-state index contributed by atoms with van der Waals surface area (Å²) in [5.41, 5.74) is 3.15. The van der Waals surface area contributed by atoms with Crippen LogP contribution >= 0.6 is 0 Å². The van der Waals surface area contributed by atoms with Crippen molar-refractivity contribution in [2.24, 2.45) is 4.99 Å². The van der Waals surface area contributed by atoms with Gasteiger partial charge in [-0.3, -0.25) is 14.6 Å². The molecule has 0 saturated carbocycles. The number of nitrogens with zero attached hydrogens (tertiary/aromatic N) is 3. The first-order valence-corrected chi connectivity index (χ1v) is 13.4. The molecular weight excluding hydrogens is 547 g/mol. The average Bonchev–Trinajstić information content (AvgIpc) is 3.28. The van der Waals surface area contributed by atoms with Gasteiger partial charge in [-0.15, -0.1) is 13.2 Å². The van der Waals surface area contributed by atoms with Gasteiger partial charge in [-0.1, -0.05) is 30.9 Å². The van der Waals surface area contributed by atoms with Gasteiger partial charge in [-0.2, -0.15) is 0 Å². The van der Waals surface area contributed by atoms with Gasteiger partial charge >= 0.3 is 6.36 Å². The maximum Gasteiger partial charge on any atom is 0.573 e. The van der Waals surface area contributed by atoms with Crippen molar-refractivity contribution in [3.8, 4) is 5.75 Å². The number of nitrogens with one attached hydrogen (secondary N) is 2. The third kappa shape index (κ3) is 5.95. The highest BCUT2D eigenvalue weighted by Crippen LogP contribution is 2.36. The van der Waals surface area contributed by atoms with Crippen molar-refractivity contribution in [3.63, 3.8) is 0 Å². The zero-order valence-corrected chi connectivity index (χ0v) is 22.9. The van der Waals surface area contributed by atoms with Gasteiger partial charge in [0, 0.05) is 47.5 Å². The van der Waals surface area contributed by atoms with Gasteiger partial charge in [0.15, 0.2) is 0 Å². The van der Waals surface area contributed by atoms with E-state index in [1.54, 1.807) is 30.1 Å². The highest BCUT2D eigenvalue weighted by Gasteiger charge is 2.50. The highest BCUT2D eigenvalue weighted by atomic mass is 19.4. The van der Waals surface area contributed by atoms with Crippen LogP contribution in [0.1, 0.15) is 19.8 Å². The third-order valence-corrected chi connectivity index (χ3v) is 7.58. The Morgan fingerprint density at radius 1 is 1.10 bits per heavy atom. The molecule has 1 aliphatic carbocycles. The molecule has 5 rings (SSSR count). The van der Waals surface area contributed by atoms with Crippen molar-refractivity contribution >= 4 is 28.9 Å². The Bertz CT molecular complexity index is 1490. The Balaban J connectivity index is 1.28. The molecule has 11 heteroatoms. The molecule has 0 unspecified atom stereocenters. The van der Waals surface area contributed by atoms with E-state index in [1.807, 2.05) is 30.3 Å². The van der Waals surface area contributed by atoms with E-state index < -0.39 is 11.9 Å². The van der Waals surface area contributed by atoms with E-state index in [-0.39, 0.29) is 17.6 Å². The number of allylic oxidation sites excluding steroid dienone is 4. The van der Waals surface area contributed by atoms with Gasteiger partial charge in [0.1, 0.15) is 11.3 Å². The number of ether oxygens (including phenoxy) is 1. The molecule has 2 saturated heterocycles. The number of hydrogen-bond donors (Lipinski definition) is 2. The summed E-state index contributed by atoms with van der Waals surface area (Å²) < 4.78 is 41.3. The molecule has 2 fully saturated rings. The van der Waals surface area contributed by atoms with Crippen LogP contribution in [-0.4, -0.2) is 54.1 Å². The number of para-hydroxylation sites is 1. The minimum atomic E-state index is -4.76. The molecule has 2 amide bonds. The summed E-state index contributed by atoms with van der Waals surface area (Å²) in [6, 6.07) is 15.2. The quantitative estimate of drug-likeness (QED) is 0.486. The molecule has 2 aromatic carbocycles. The second kappa shape index (κ2) is 11.6. The lowest BCUT2D eigenvalue weighted by atomic mass is 9.85. The summed E-state index contributed by atoms with van der Waals surface area (Å²) >= 11 is 0. The Kier molecular flexibility index (Phi) is 7.93. The van der Waals surface area contributed by atoms with Crippen LogP contribution in [0.2, 0.25) is 0 Å². The molecule has 2 N–H and O–H groups in total. The van der Waals surface area contributed by atoms with Gasteiger partial charge in [-0.05, 0) is 68.3 Å². The van der Waals surface area contributed by atoms with E-state index >= 15 is 0 Å². The summed E-state index contributed by atoms with van der Waals surface area (Å²) in [5.74, 6) is -0.496. The molecule has 8 nitrogen and oxygen atoms in total. The third-order valence-electron chi connectivity index (χ3n) is 7.58. The lowest BCUT2D eigenvalue weighted by molar-refractivity contribution is -0.274. The number of carbonyl (C=O) groups is 2. The zero-order valence-electron chi connectivity index (χ0n) is 22.9. The highest BCUT2D eigenvalue weighted by molar-refractivity contribution is 6.17. The number of anilines is 2. The Morgan fingerprint density at radius 3 is 2.43 bits per heavy atom. The van der Waals surface area contributed by atoms with Crippen LogP contribution in [0.25, 0.3) is 0 Å². The number of likely N-dealkylation sites (tertiary alicyclic amines) is 1. The minimum Gasteiger partial charge on any atom is -0.406 e. The number of halogens is 3. The summed E-state index contributed by atoms with van der Waals surface area (Å²) in [6.45, 7) is 6.76. The van der Waals surface area contributed by atoms with Gasteiger partial charge in [-0.25, -0.2) is 0 Å². The van der Waals surface area contributed by atoms with Crippen LogP contribution in [0.15, 0.2) is 107 Å². The summed E-state index contributed by atoms with van der Waals surface area (Å²) in [6.07, 6.45) is 2.80. The first kappa shape index (κ1) is 28.7. The monoisotopic (exact) mass is 577 g/mol. The van der Waals surface area contributed by atoms with Crippen molar-refractivity contribution < 1.29 is 27.5 Å². The maximum atomic E-state index is 13.5. The predicted octanol–water partition coefficient (Wildman–Crippen LogP) is 5.31. The molecule has 0 aromatic heterocycles. The molecule has 0 bridgehead atoms. The van der Waals surface area contributed by atoms with Crippen LogP contribution in [0.5, 0.6) is 5.75 Å². The number of benzene rings is 2. The van der Waals surface area contributed by atoms with E-state index in [0.29, 0.717) is 60.8 Å². The Morgan fingerprint density at radius 2 is 1.79 bits per heavy atom. The number of alkyl halides is 3. The topological polar surface area (TPSA) is 86.3 Å². The second-order valence-corrected chi connectivity index (χ2v) is 10.1. The van der Waals surface area contributed by atoms with Crippen LogP contribution in [0.4, 0.5) is 24.5 Å². The first-order valence-electron chi connectivity index (χ1n) is 13.4. The van der Waals surface area contributed by atoms with E-state index in [1.165, 1.54) is 30.5 Å². The normalized spacial score (nSPS) is 20.3. The van der Waals surface area contributed by atoms with E-state index in [4.69, 9.17) is 0 Å². The largest absolute Gasteiger partial charge is 0.573 e. The number of rotatable bonds is 6. The molecule has 2 heterocycles. The molecule has 42 heavy (non-hydrogen) atoms. The van der Waals surface area contributed by atoms with Crippen LogP contribution < -0.4 is 20.3 Å². The SMILES string of the molecule is C=C/N=C1/C=C(C(=O)N2CCC3(CC2)C(=O)NCN3c2ccccc2)C=C/C1=C(/C)Nc1ccc(OC(F)(F)F)cc1. The van der Waals surface area contributed by atoms with E-state index in [2.05, 4.69) is 31.8 Å². The molecule has 0 radical (unpaired) electrons. The average molecular weight is 578 g/mol. The van der Waals surface area contributed by atoms with Crippen molar-refractivity contribution in [3.05, 3.63) is 102 Å². The van der Waals surface area contributed by atoms with Gasteiger partial charge in [0.25, 0.3) is 5.91 Å². The van der Waals surface area contributed by atoms with Crippen molar-refractivity contribution in [2.45, 2.75) is 31.7 Å². The lowest BCUT2D eigenvalue weighted by Gasteiger charge is -2.43. The van der Waals surface area contributed by atoms with Crippen molar-refractivity contribution in [2.75, 3.05) is 30.0 Å². The molecule has 2 aliphatic heterocycles. The molecule has 2 aromatic rings. The number of carbonyl (C=O) groups excluding carboxylic acids is 2. The Labute approximate surface area is 241 Å². The van der Waals surface area contributed by atoms with Gasteiger partial charge in [0.2, 0.25) is 5.91 Å². The molecule has 218 valence electrons. The first-order chi connectivity index (χ1) is 20.1. The molecule has 1 spiro atoms. The van der Waals surface area contributed by atoms with Gasteiger partial charge in [0.05, 0.1) is 12.4 Å². The number of piperidine rings is 1. The number of hydrogen-bond acceptors (Lipinski definition) is 6. The summed E-state index contributed by atoms with van der Waals surface area (Å²) in [4.78, 5) is 34.7. The Hall–Kier alpha value is -4.80. The fourth-order valence-corrected chi connectivity index (χ4v) is 5.51. The van der Waals surface area contributed by atoms with E-state index in [9.17, 15) is 22.8 Å². The van der Waals surface area contributed by atoms with Crippen LogP contribution in [0.3, 0.4) is 0 Å². The smallest absolute Gasteiger partial charge is 0.406 e. The zero-order chi connectivity index (χ0) is 29.9. The van der Waals surface area contributed by atoms with Crippen LogP contribution in [-0.2, 0) is 9.59 Å². The van der Waals surface area contributed by atoms with Crippen LogP contribution in [0, 0.1) is 0 Å². The summed E-state index contributed by atoms with van der Waals surface area (Å²) in [7, 11) is 0. The summed E-state index contributed by atoms with van der Waals surface area (Å²) in [5, 5.41) is 6.13. The lowest BCUT2D eigenvalue weighted by Crippen LogP contribution is -2.57. The molecule has 0 atom stereocenters. The van der Waals surface area contributed by atoms with Crippen molar-refractivity contribution in [1.29, 1.82) is 0 Å². The standard InChI is InChI=1S/C31H30F3N5O3/c1-3-35-27-19-22(9-14-26(27)21(2)37-23-10-12-25(13-11-23)42-31(32,33)34)28(40)38-17-15-30(16-18-38)29(41)36-20-39(30)24-7-5-4-6-8-24/h3-14,19,37H,1,15-18,20H2,2H3,(H,36,41)/b26-21+,35-27-. The van der Waals surface area contributed by atoms with Crippen molar-refractivity contribution in [1.82, 2.24) is 10.2 Å². The second-order valence-electron chi connectivity index (χ2n) is 10.1. The molecular formula is C31H30F3N5O3. The van der Waals surface area contributed by atoms with E-state index in [0.717, 1.165) is 5.69 Å². The number of aliphatic imine (C=N–C) groups is 1. The maximum absolute atomic E-state index is 13.5. The molecule has 3 aliphatic rings. The predicted molar refractivity (Wildman–Crippen MR) is 155 cm³/mol. The fourth-order valence-electron chi connectivity index (χ4n) is 5.51.